The highest BCUT2D eigenvalue weighted by molar-refractivity contribution is 6.12. The Kier molecular flexibility index (Phi) is 12.4. The van der Waals surface area contributed by atoms with Gasteiger partial charge in [-0.25, -0.2) is 27.7 Å². The average Bonchev–Trinajstić information content (AvgIpc) is 3.87. The van der Waals surface area contributed by atoms with E-state index >= 15 is 4.39 Å². The van der Waals surface area contributed by atoms with Crippen LogP contribution in [-0.2, 0) is 23.8 Å². The number of imidazole rings is 1. The highest BCUT2D eigenvalue weighted by Crippen LogP contribution is 2.37. The molecule has 52 heavy (non-hydrogen) atoms. The summed E-state index contributed by atoms with van der Waals surface area (Å²) < 4.78 is 60.7. The van der Waals surface area contributed by atoms with Gasteiger partial charge >= 0.3 is 12.1 Å². The monoisotopic (exact) mass is 731 g/mol. The largest absolute Gasteiger partial charge is 0.444 e. The van der Waals surface area contributed by atoms with E-state index in [-0.39, 0.29) is 69.1 Å². The number of carbonyl (C=O) groups is 4. The van der Waals surface area contributed by atoms with Crippen LogP contribution in [0.15, 0.2) is 36.5 Å². The number of nitrogens with one attached hydrogen (secondary N) is 3. The summed E-state index contributed by atoms with van der Waals surface area (Å²) in [6.45, 7) is 2.53. The number of H-pyrrole nitrogens is 1. The zero-order valence-electron chi connectivity index (χ0n) is 28.7. The Labute approximate surface area is 299 Å². The van der Waals surface area contributed by atoms with Crippen molar-refractivity contribution in [1.29, 1.82) is 0 Å². The summed E-state index contributed by atoms with van der Waals surface area (Å²) in [7, 11) is 0. The number of benzene rings is 1. The summed E-state index contributed by atoms with van der Waals surface area (Å²) >= 11 is 0. The second-order valence-electron chi connectivity index (χ2n) is 13.4. The molecule has 4 atom stereocenters. The van der Waals surface area contributed by atoms with Crippen LogP contribution in [0.5, 0.6) is 0 Å². The van der Waals surface area contributed by atoms with Crippen molar-refractivity contribution in [2.75, 3.05) is 72.2 Å². The van der Waals surface area contributed by atoms with Crippen molar-refractivity contribution < 1.29 is 46.6 Å². The number of imide groups is 1. The topological polar surface area (TPSA) is 158 Å². The first-order valence-corrected chi connectivity index (χ1v) is 17.7. The minimum absolute atomic E-state index is 0.000335. The molecule has 3 N–H and O–H groups in total. The Hall–Kier alpha value is -4.48. The summed E-state index contributed by atoms with van der Waals surface area (Å²) in [6.07, 6.45) is 3.64. The van der Waals surface area contributed by atoms with Crippen molar-refractivity contribution in [3.05, 3.63) is 54.0 Å². The SMILES string of the molecule is O=C(NCCOCCN1C(=O)C=CC1=O)OC1CCCN(C(=O)N(CC2CNCC2F)C(c2ncc(-c3cc(F)ccc3F)[nH]2)C2CCOCC2)C1. The van der Waals surface area contributed by atoms with Crippen molar-refractivity contribution in [3.8, 4) is 11.3 Å². The van der Waals surface area contributed by atoms with Gasteiger partial charge in [-0.3, -0.25) is 14.5 Å². The summed E-state index contributed by atoms with van der Waals surface area (Å²) in [6, 6.07) is 2.13. The van der Waals surface area contributed by atoms with Crippen molar-refractivity contribution in [2.24, 2.45) is 11.8 Å². The number of halogens is 3. The van der Waals surface area contributed by atoms with E-state index in [2.05, 4.69) is 20.6 Å². The lowest BCUT2D eigenvalue weighted by Crippen LogP contribution is -2.54. The Bertz CT molecular complexity index is 1600. The van der Waals surface area contributed by atoms with E-state index in [0.29, 0.717) is 57.8 Å². The second-order valence-corrected chi connectivity index (χ2v) is 13.4. The number of alkyl carbamates (subject to hydrolysis) is 1. The molecule has 1 aromatic carbocycles. The van der Waals surface area contributed by atoms with Crippen LogP contribution in [0.2, 0.25) is 0 Å². The van der Waals surface area contributed by atoms with Crippen LogP contribution in [0.1, 0.15) is 37.5 Å². The number of piperidine rings is 1. The molecule has 4 unspecified atom stereocenters. The van der Waals surface area contributed by atoms with E-state index in [1.807, 2.05) is 0 Å². The van der Waals surface area contributed by atoms with Crippen molar-refractivity contribution in [3.63, 3.8) is 0 Å². The Balaban J connectivity index is 1.12. The highest BCUT2D eigenvalue weighted by atomic mass is 19.1. The zero-order valence-corrected chi connectivity index (χ0v) is 28.7. The van der Waals surface area contributed by atoms with Gasteiger partial charge in [0, 0.05) is 69.6 Å². The first kappa shape index (κ1) is 37.3. The lowest BCUT2D eigenvalue weighted by Gasteiger charge is -2.43. The van der Waals surface area contributed by atoms with Gasteiger partial charge in [0.05, 0.1) is 44.2 Å². The first-order valence-electron chi connectivity index (χ1n) is 17.7. The number of rotatable bonds is 13. The Morgan fingerprint density at radius 2 is 1.88 bits per heavy atom. The number of alkyl halides is 1. The standard InChI is InChI=1S/C35H44F3N7O7/c36-24-3-4-27(37)26(16-24)29-19-41-33(42-29)32(22-7-12-50-13-8-22)45(20-23-17-39-18-28(23)38)35(49)43-10-1-2-25(21-43)52-34(48)40-9-14-51-15-11-44-30(46)5-6-31(44)47/h3-6,16,19,22-23,25,28,32,39H,1-2,7-15,17-18,20-21H2,(H,40,48)(H,41,42). The number of amides is 5. The van der Waals surface area contributed by atoms with Gasteiger partial charge in [-0.05, 0) is 49.8 Å². The van der Waals surface area contributed by atoms with Gasteiger partial charge in [-0.15, -0.1) is 0 Å². The van der Waals surface area contributed by atoms with Gasteiger partial charge in [0.2, 0.25) is 0 Å². The third-order valence-corrected chi connectivity index (χ3v) is 9.87. The number of aromatic nitrogens is 2. The molecule has 0 radical (unpaired) electrons. The first-order chi connectivity index (χ1) is 25.2. The van der Waals surface area contributed by atoms with Gasteiger partial charge < -0.3 is 39.6 Å². The molecule has 4 aliphatic heterocycles. The third-order valence-electron chi connectivity index (χ3n) is 9.87. The Morgan fingerprint density at radius 3 is 2.63 bits per heavy atom. The number of nitrogens with zero attached hydrogens (tertiary/aromatic N) is 4. The van der Waals surface area contributed by atoms with Gasteiger partial charge in [-0.2, -0.15) is 0 Å². The molecule has 1 aromatic heterocycles. The average molecular weight is 732 g/mol. The number of carbonyl (C=O) groups excluding carboxylic acids is 4. The van der Waals surface area contributed by atoms with Crippen molar-refractivity contribution >= 4 is 23.9 Å². The molecular weight excluding hydrogens is 687 g/mol. The fourth-order valence-electron chi connectivity index (χ4n) is 7.15. The zero-order chi connectivity index (χ0) is 36.6. The molecule has 3 fully saturated rings. The molecule has 4 aliphatic rings. The maximum absolute atomic E-state index is 15.1. The third kappa shape index (κ3) is 9.11. The fourth-order valence-corrected chi connectivity index (χ4v) is 7.15. The highest BCUT2D eigenvalue weighted by Gasteiger charge is 2.41. The van der Waals surface area contributed by atoms with Crippen LogP contribution in [0.4, 0.5) is 22.8 Å². The smallest absolute Gasteiger partial charge is 0.407 e. The van der Waals surface area contributed by atoms with E-state index in [1.165, 1.54) is 18.3 Å². The minimum Gasteiger partial charge on any atom is -0.444 e. The van der Waals surface area contributed by atoms with E-state index in [0.717, 1.165) is 23.1 Å². The number of urea groups is 1. The number of hydrogen-bond donors (Lipinski definition) is 3. The molecule has 0 saturated carbocycles. The van der Waals surface area contributed by atoms with Crippen LogP contribution in [-0.4, -0.2) is 133 Å². The predicted molar refractivity (Wildman–Crippen MR) is 179 cm³/mol. The quantitative estimate of drug-likeness (QED) is 0.208. The fraction of sp³-hybridized carbons (Fsp3) is 0.571. The van der Waals surface area contributed by atoms with Crippen LogP contribution < -0.4 is 10.6 Å². The molecule has 14 nitrogen and oxygen atoms in total. The molecule has 3 saturated heterocycles. The Morgan fingerprint density at radius 1 is 1.10 bits per heavy atom. The molecule has 2 aromatic rings. The molecule has 5 heterocycles. The van der Waals surface area contributed by atoms with Crippen LogP contribution in [0, 0.1) is 23.5 Å². The predicted octanol–water partition coefficient (Wildman–Crippen LogP) is 2.93. The second kappa shape index (κ2) is 17.4. The van der Waals surface area contributed by atoms with E-state index in [4.69, 9.17) is 14.2 Å². The normalized spacial score (nSPS) is 22.9. The van der Waals surface area contributed by atoms with Crippen molar-refractivity contribution in [1.82, 2.24) is 35.3 Å². The molecule has 282 valence electrons. The van der Waals surface area contributed by atoms with E-state index < -0.39 is 53.8 Å². The molecule has 6 rings (SSSR count). The van der Waals surface area contributed by atoms with Gasteiger partial charge in [-0.1, -0.05) is 0 Å². The molecular formula is C35H44F3N7O7. The minimum atomic E-state index is -1.17. The van der Waals surface area contributed by atoms with Gasteiger partial charge in [0.25, 0.3) is 11.8 Å². The maximum Gasteiger partial charge on any atom is 0.407 e. The molecule has 0 aliphatic carbocycles. The molecule has 0 bridgehead atoms. The van der Waals surface area contributed by atoms with E-state index in [1.54, 1.807) is 9.80 Å². The molecule has 5 amide bonds. The lowest BCUT2D eigenvalue weighted by atomic mass is 9.89. The molecule has 17 heteroatoms. The van der Waals surface area contributed by atoms with Crippen LogP contribution in [0.3, 0.4) is 0 Å². The summed E-state index contributed by atoms with van der Waals surface area (Å²) in [5.41, 5.74) is 0.249. The number of likely N-dealkylation sites (tertiary alicyclic amines) is 1. The van der Waals surface area contributed by atoms with Gasteiger partial charge in [0.1, 0.15) is 29.7 Å². The lowest BCUT2D eigenvalue weighted by molar-refractivity contribution is -0.137. The number of hydrogen-bond acceptors (Lipinski definition) is 9. The summed E-state index contributed by atoms with van der Waals surface area (Å²) in [4.78, 5) is 62.5. The summed E-state index contributed by atoms with van der Waals surface area (Å²) in [5, 5.41) is 5.68. The maximum atomic E-state index is 15.1. The van der Waals surface area contributed by atoms with Crippen molar-refractivity contribution in [2.45, 2.75) is 44.0 Å². The number of ether oxygens (including phenoxy) is 3. The van der Waals surface area contributed by atoms with E-state index in [9.17, 15) is 28.0 Å². The molecule has 0 spiro atoms. The number of aromatic amines is 1. The van der Waals surface area contributed by atoms with Gasteiger partial charge in [0.15, 0.2) is 0 Å². The summed E-state index contributed by atoms with van der Waals surface area (Å²) in [5.74, 6) is -2.27. The van der Waals surface area contributed by atoms with Crippen LogP contribution >= 0.6 is 0 Å². The van der Waals surface area contributed by atoms with Crippen LogP contribution in [0.25, 0.3) is 11.3 Å².